The Morgan fingerprint density at radius 1 is 1.00 bits per heavy atom. The predicted molar refractivity (Wildman–Crippen MR) is 74.5 cm³/mol. The summed E-state index contributed by atoms with van der Waals surface area (Å²) in [5, 5.41) is 0. The van der Waals surface area contributed by atoms with Gasteiger partial charge in [0.25, 0.3) is 0 Å². The number of anilines is 1. The van der Waals surface area contributed by atoms with Crippen LogP contribution in [0, 0.1) is 13.8 Å². The van der Waals surface area contributed by atoms with E-state index < -0.39 is 0 Å². The molecule has 0 heterocycles. The van der Waals surface area contributed by atoms with Gasteiger partial charge in [-0.2, -0.15) is 0 Å². The van der Waals surface area contributed by atoms with Gasteiger partial charge in [-0.15, -0.1) is 0 Å². The van der Waals surface area contributed by atoms with Crippen LogP contribution in [0.4, 0.5) is 5.69 Å². The van der Waals surface area contributed by atoms with E-state index in [4.69, 9.17) is 10.5 Å². The van der Waals surface area contributed by atoms with Crippen LogP contribution in [0.25, 0.3) is 0 Å². The van der Waals surface area contributed by atoms with Crippen LogP contribution in [0.3, 0.4) is 0 Å². The molecule has 0 aliphatic carbocycles. The maximum Gasteiger partial charge on any atom is 0.141 e. The van der Waals surface area contributed by atoms with E-state index in [-0.39, 0.29) is 0 Å². The highest BCUT2D eigenvalue weighted by atomic mass is 79.9. The van der Waals surface area contributed by atoms with E-state index in [9.17, 15) is 0 Å². The van der Waals surface area contributed by atoms with E-state index in [2.05, 4.69) is 35.8 Å². The SMILES string of the molecule is Cc1cc(C)cc(Oc2ccc(N)cc2Br)c1. The molecule has 0 bridgehead atoms. The Morgan fingerprint density at radius 2 is 1.65 bits per heavy atom. The van der Waals surface area contributed by atoms with Gasteiger partial charge >= 0.3 is 0 Å². The lowest BCUT2D eigenvalue weighted by Crippen LogP contribution is -1.89. The molecule has 2 aromatic rings. The lowest BCUT2D eigenvalue weighted by Gasteiger charge is -2.09. The molecule has 2 rings (SSSR count). The van der Waals surface area contributed by atoms with Gasteiger partial charge in [0.05, 0.1) is 4.47 Å². The third-order valence-electron chi connectivity index (χ3n) is 2.38. The molecule has 0 aliphatic rings. The minimum atomic E-state index is 0.713. The van der Waals surface area contributed by atoms with Crippen molar-refractivity contribution in [1.82, 2.24) is 0 Å². The fourth-order valence-corrected chi connectivity index (χ4v) is 2.20. The van der Waals surface area contributed by atoms with Crippen molar-refractivity contribution in [2.45, 2.75) is 13.8 Å². The van der Waals surface area contributed by atoms with Gasteiger partial charge in [-0.1, -0.05) is 6.07 Å². The van der Waals surface area contributed by atoms with E-state index >= 15 is 0 Å². The molecular weight excluding hydrogens is 278 g/mol. The second-order valence-electron chi connectivity index (χ2n) is 4.12. The van der Waals surface area contributed by atoms with E-state index in [1.165, 1.54) is 11.1 Å². The van der Waals surface area contributed by atoms with Gasteiger partial charge in [-0.25, -0.2) is 0 Å². The van der Waals surface area contributed by atoms with Gasteiger partial charge < -0.3 is 10.5 Å². The van der Waals surface area contributed by atoms with Crippen molar-refractivity contribution in [3.8, 4) is 11.5 Å². The average Bonchev–Trinajstić information content (AvgIpc) is 2.21. The van der Waals surface area contributed by atoms with Crippen LogP contribution in [0.2, 0.25) is 0 Å². The summed E-state index contributed by atoms with van der Waals surface area (Å²) in [5.74, 6) is 1.61. The van der Waals surface area contributed by atoms with Crippen LogP contribution in [0.15, 0.2) is 40.9 Å². The van der Waals surface area contributed by atoms with Crippen molar-refractivity contribution in [2.75, 3.05) is 5.73 Å². The first-order valence-electron chi connectivity index (χ1n) is 5.36. The molecule has 0 amide bonds. The number of nitrogen functional groups attached to an aromatic ring is 1. The van der Waals surface area contributed by atoms with E-state index in [1.807, 2.05) is 30.3 Å². The zero-order chi connectivity index (χ0) is 12.4. The van der Waals surface area contributed by atoms with Crippen molar-refractivity contribution in [3.63, 3.8) is 0 Å². The number of aryl methyl sites for hydroxylation is 2. The van der Waals surface area contributed by atoms with Crippen molar-refractivity contribution >= 4 is 21.6 Å². The average molecular weight is 292 g/mol. The largest absolute Gasteiger partial charge is 0.456 e. The van der Waals surface area contributed by atoms with E-state index in [0.29, 0.717) is 5.69 Å². The molecule has 0 unspecified atom stereocenters. The number of nitrogens with two attached hydrogens (primary N) is 1. The fourth-order valence-electron chi connectivity index (χ4n) is 1.72. The second kappa shape index (κ2) is 4.80. The van der Waals surface area contributed by atoms with E-state index in [1.54, 1.807) is 0 Å². The molecule has 2 nitrogen and oxygen atoms in total. The van der Waals surface area contributed by atoms with Crippen LogP contribution in [0.5, 0.6) is 11.5 Å². The Labute approximate surface area is 110 Å². The molecular formula is C14H14BrNO. The van der Waals surface area contributed by atoms with Crippen LogP contribution in [-0.2, 0) is 0 Å². The molecule has 0 aliphatic heterocycles. The summed E-state index contributed by atoms with van der Waals surface area (Å²) < 4.78 is 6.68. The Hall–Kier alpha value is -1.48. The molecule has 0 spiro atoms. The zero-order valence-corrected chi connectivity index (χ0v) is 11.4. The molecule has 88 valence electrons. The molecule has 3 heteroatoms. The highest BCUT2D eigenvalue weighted by Gasteiger charge is 2.04. The molecule has 0 saturated heterocycles. The van der Waals surface area contributed by atoms with Gasteiger partial charge in [0.15, 0.2) is 0 Å². The number of hydrogen-bond acceptors (Lipinski definition) is 2. The molecule has 17 heavy (non-hydrogen) atoms. The van der Waals surface area contributed by atoms with E-state index in [0.717, 1.165) is 16.0 Å². The van der Waals surface area contributed by atoms with Crippen molar-refractivity contribution < 1.29 is 4.74 Å². The minimum absolute atomic E-state index is 0.713. The number of ether oxygens (including phenoxy) is 1. The first-order chi connectivity index (χ1) is 8.04. The summed E-state index contributed by atoms with van der Waals surface area (Å²) in [6, 6.07) is 11.6. The summed E-state index contributed by atoms with van der Waals surface area (Å²) in [6.45, 7) is 4.11. The Morgan fingerprint density at radius 3 is 2.24 bits per heavy atom. The second-order valence-corrected chi connectivity index (χ2v) is 4.97. The maximum absolute atomic E-state index is 5.82. The highest BCUT2D eigenvalue weighted by molar-refractivity contribution is 9.10. The van der Waals surface area contributed by atoms with Crippen LogP contribution < -0.4 is 10.5 Å². The molecule has 2 N–H and O–H groups in total. The molecule has 0 radical (unpaired) electrons. The maximum atomic E-state index is 5.82. The van der Waals surface area contributed by atoms with Crippen LogP contribution >= 0.6 is 15.9 Å². The van der Waals surface area contributed by atoms with Crippen molar-refractivity contribution in [2.24, 2.45) is 0 Å². The zero-order valence-electron chi connectivity index (χ0n) is 9.83. The number of benzene rings is 2. The topological polar surface area (TPSA) is 35.2 Å². The van der Waals surface area contributed by atoms with Gasteiger partial charge in [-0.05, 0) is 71.2 Å². The molecule has 0 aromatic heterocycles. The lowest BCUT2D eigenvalue weighted by atomic mass is 10.1. The molecule has 0 atom stereocenters. The number of hydrogen-bond donors (Lipinski definition) is 1. The molecule has 0 saturated carbocycles. The Balaban J connectivity index is 2.31. The number of halogens is 1. The van der Waals surface area contributed by atoms with Gasteiger partial charge in [0.1, 0.15) is 11.5 Å². The third-order valence-corrected chi connectivity index (χ3v) is 3.00. The summed E-state index contributed by atoms with van der Waals surface area (Å²) in [6.07, 6.45) is 0. The standard InChI is InChI=1S/C14H14BrNO/c1-9-5-10(2)7-12(6-9)17-14-4-3-11(16)8-13(14)15/h3-8H,16H2,1-2H3. The fraction of sp³-hybridized carbons (Fsp3) is 0.143. The van der Waals surface area contributed by atoms with Gasteiger partial charge in [-0.3, -0.25) is 0 Å². The van der Waals surface area contributed by atoms with Gasteiger partial charge in [0, 0.05) is 5.69 Å². The van der Waals surface area contributed by atoms with Crippen LogP contribution in [-0.4, -0.2) is 0 Å². The van der Waals surface area contributed by atoms with Crippen LogP contribution in [0.1, 0.15) is 11.1 Å². The van der Waals surface area contributed by atoms with Crippen molar-refractivity contribution in [1.29, 1.82) is 0 Å². The first kappa shape index (κ1) is 12.0. The normalized spacial score (nSPS) is 10.3. The summed E-state index contributed by atoms with van der Waals surface area (Å²) in [4.78, 5) is 0. The summed E-state index contributed by atoms with van der Waals surface area (Å²) in [7, 11) is 0. The monoisotopic (exact) mass is 291 g/mol. The molecule has 2 aromatic carbocycles. The van der Waals surface area contributed by atoms with Gasteiger partial charge in [0.2, 0.25) is 0 Å². The third kappa shape index (κ3) is 3.01. The smallest absolute Gasteiger partial charge is 0.141 e. The molecule has 0 fully saturated rings. The predicted octanol–water partition coefficient (Wildman–Crippen LogP) is 4.44. The summed E-state index contributed by atoms with van der Waals surface area (Å²) in [5.41, 5.74) is 8.77. The Kier molecular flexibility index (Phi) is 3.38. The summed E-state index contributed by atoms with van der Waals surface area (Å²) >= 11 is 3.44. The quantitative estimate of drug-likeness (QED) is 0.830. The highest BCUT2D eigenvalue weighted by Crippen LogP contribution is 2.31. The lowest BCUT2D eigenvalue weighted by molar-refractivity contribution is 0.479. The number of rotatable bonds is 2. The van der Waals surface area contributed by atoms with Crippen molar-refractivity contribution in [3.05, 3.63) is 52.0 Å². The first-order valence-corrected chi connectivity index (χ1v) is 6.15. The Bertz CT molecular complexity index is 532. The minimum Gasteiger partial charge on any atom is -0.456 e.